The maximum absolute atomic E-state index is 5.70. The molecule has 0 atom stereocenters. The third kappa shape index (κ3) is 5.88. The van der Waals surface area contributed by atoms with Crippen molar-refractivity contribution in [3.8, 4) is 11.5 Å². The van der Waals surface area contributed by atoms with Crippen molar-refractivity contribution in [3.63, 3.8) is 0 Å². The SMILES string of the molecule is CCNCc1ccc(OCCCOc2ccccc2)cc1. The monoisotopic (exact) mass is 285 g/mol. The van der Waals surface area contributed by atoms with Crippen molar-refractivity contribution in [2.45, 2.75) is 19.9 Å². The number of para-hydroxylation sites is 1. The Hall–Kier alpha value is -2.00. The van der Waals surface area contributed by atoms with Crippen LogP contribution < -0.4 is 14.8 Å². The van der Waals surface area contributed by atoms with Crippen LogP contribution in [0.3, 0.4) is 0 Å². The van der Waals surface area contributed by atoms with Crippen LogP contribution >= 0.6 is 0 Å². The normalized spacial score (nSPS) is 10.3. The largest absolute Gasteiger partial charge is 0.493 e. The summed E-state index contributed by atoms with van der Waals surface area (Å²) in [5, 5.41) is 3.30. The van der Waals surface area contributed by atoms with Gasteiger partial charge in [-0.25, -0.2) is 0 Å². The Bertz CT molecular complexity index is 496. The fourth-order valence-electron chi connectivity index (χ4n) is 1.93. The summed E-state index contributed by atoms with van der Waals surface area (Å²) < 4.78 is 11.3. The Morgan fingerprint density at radius 2 is 1.43 bits per heavy atom. The van der Waals surface area contributed by atoms with E-state index in [0.29, 0.717) is 13.2 Å². The molecule has 2 aromatic rings. The zero-order valence-corrected chi connectivity index (χ0v) is 12.5. The molecular weight excluding hydrogens is 262 g/mol. The van der Waals surface area contributed by atoms with Crippen LogP contribution in [0.4, 0.5) is 0 Å². The Morgan fingerprint density at radius 3 is 2.05 bits per heavy atom. The number of nitrogens with one attached hydrogen (secondary N) is 1. The maximum atomic E-state index is 5.70. The van der Waals surface area contributed by atoms with Crippen molar-refractivity contribution in [3.05, 3.63) is 60.2 Å². The third-order valence-electron chi connectivity index (χ3n) is 3.07. The number of hydrogen-bond acceptors (Lipinski definition) is 3. The molecule has 0 saturated carbocycles. The van der Waals surface area contributed by atoms with Gasteiger partial charge in [-0.05, 0) is 36.4 Å². The first-order chi connectivity index (χ1) is 10.4. The van der Waals surface area contributed by atoms with Crippen molar-refractivity contribution >= 4 is 0 Å². The minimum Gasteiger partial charge on any atom is -0.493 e. The average molecular weight is 285 g/mol. The van der Waals surface area contributed by atoms with Crippen LogP contribution in [0.15, 0.2) is 54.6 Å². The molecule has 0 aliphatic heterocycles. The van der Waals surface area contributed by atoms with E-state index in [0.717, 1.165) is 31.0 Å². The Balaban J connectivity index is 1.62. The van der Waals surface area contributed by atoms with E-state index in [1.165, 1.54) is 5.56 Å². The molecule has 0 radical (unpaired) electrons. The van der Waals surface area contributed by atoms with E-state index < -0.39 is 0 Å². The number of ether oxygens (including phenoxy) is 2. The smallest absolute Gasteiger partial charge is 0.119 e. The molecule has 0 amide bonds. The quantitative estimate of drug-likeness (QED) is 0.713. The maximum Gasteiger partial charge on any atom is 0.119 e. The van der Waals surface area contributed by atoms with Crippen LogP contribution in [0.25, 0.3) is 0 Å². The molecule has 0 fully saturated rings. The molecule has 0 spiro atoms. The van der Waals surface area contributed by atoms with E-state index >= 15 is 0 Å². The van der Waals surface area contributed by atoms with Crippen molar-refractivity contribution in [2.24, 2.45) is 0 Å². The molecule has 21 heavy (non-hydrogen) atoms. The summed E-state index contributed by atoms with van der Waals surface area (Å²) in [5.74, 6) is 1.82. The summed E-state index contributed by atoms with van der Waals surface area (Å²) in [5.41, 5.74) is 1.27. The van der Waals surface area contributed by atoms with E-state index in [1.807, 2.05) is 42.5 Å². The molecule has 112 valence electrons. The molecule has 0 saturated heterocycles. The van der Waals surface area contributed by atoms with E-state index in [9.17, 15) is 0 Å². The van der Waals surface area contributed by atoms with Crippen molar-refractivity contribution in [1.82, 2.24) is 5.32 Å². The number of rotatable bonds is 9. The Kier molecular flexibility index (Phi) is 6.62. The summed E-state index contributed by atoms with van der Waals surface area (Å²) in [4.78, 5) is 0. The molecular formula is C18H23NO2. The van der Waals surface area contributed by atoms with E-state index in [1.54, 1.807) is 0 Å². The number of hydrogen-bond donors (Lipinski definition) is 1. The molecule has 1 N–H and O–H groups in total. The standard InChI is InChI=1S/C18H23NO2/c1-2-19-15-16-9-11-18(12-10-16)21-14-6-13-20-17-7-4-3-5-8-17/h3-5,7-12,19H,2,6,13-15H2,1H3. The molecule has 0 bridgehead atoms. The summed E-state index contributed by atoms with van der Waals surface area (Å²) in [6.45, 7) is 5.33. The molecule has 0 unspecified atom stereocenters. The molecule has 3 nitrogen and oxygen atoms in total. The average Bonchev–Trinajstić information content (AvgIpc) is 2.55. The van der Waals surface area contributed by atoms with Crippen LogP contribution in [0, 0.1) is 0 Å². The van der Waals surface area contributed by atoms with Gasteiger partial charge in [-0.1, -0.05) is 37.3 Å². The fraction of sp³-hybridized carbons (Fsp3) is 0.333. The minimum absolute atomic E-state index is 0.666. The van der Waals surface area contributed by atoms with Gasteiger partial charge in [0.05, 0.1) is 13.2 Å². The molecule has 2 rings (SSSR count). The first-order valence-corrected chi connectivity index (χ1v) is 7.49. The Morgan fingerprint density at radius 1 is 0.810 bits per heavy atom. The van der Waals surface area contributed by atoms with Gasteiger partial charge in [-0.15, -0.1) is 0 Å². The molecule has 0 aliphatic rings. The van der Waals surface area contributed by atoms with Gasteiger partial charge in [-0.2, -0.15) is 0 Å². The molecule has 0 heterocycles. The second-order valence-corrected chi connectivity index (χ2v) is 4.79. The van der Waals surface area contributed by atoms with Crippen molar-refractivity contribution < 1.29 is 9.47 Å². The Labute approximate surface area is 126 Å². The highest BCUT2D eigenvalue weighted by Crippen LogP contribution is 2.13. The van der Waals surface area contributed by atoms with Gasteiger partial charge in [0, 0.05) is 13.0 Å². The first-order valence-electron chi connectivity index (χ1n) is 7.49. The predicted molar refractivity (Wildman–Crippen MR) is 85.9 cm³/mol. The second-order valence-electron chi connectivity index (χ2n) is 4.79. The molecule has 3 heteroatoms. The zero-order valence-electron chi connectivity index (χ0n) is 12.5. The summed E-state index contributed by atoms with van der Waals surface area (Å²) in [7, 11) is 0. The van der Waals surface area contributed by atoms with Crippen molar-refractivity contribution in [1.29, 1.82) is 0 Å². The van der Waals surface area contributed by atoms with Crippen LogP contribution in [0.5, 0.6) is 11.5 Å². The van der Waals surface area contributed by atoms with Crippen LogP contribution in [-0.2, 0) is 6.54 Å². The summed E-state index contributed by atoms with van der Waals surface area (Å²) in [6, 6.07) is 18.1. The summed E-state index contributed by atoms with van der Waals surface area (Å²) >= 11 is 0. The highest BCUT2D eigenvalue weighted by Gasteiger charge is 1.96. The van der Waals surface area contributed by atoms with E-state index in [2.05, 4.69) is 24.4 Å². The molecule has 0 aliphatic carbocycles. The zero-order chi connectivity index (χ0) is 14.8. The van der Waals surface area contributed by atoms with Crippen LogP contribution in [0.1, 0.15) is 18.9 Å². The lowest BCUT2D eigenvalue weighted by molar-refractivity contribution is 0.247. The third-order valence-corrected chi connectivity index (χ3v) is 3.07. The lowest BCUT2D eigenvalue weighted by atomic mass is 10.2. The highest BCUT2D eigenvalue weighted by atomic mass is 16.5. The fourth-order valence-corrected chi connectivity index (χ4v) is 1.93. The first kappa shape index (κ1) is 15.4. The molecule has 2 aromatic carbocycles. The highest BCUT2D eigenvalue weighted by molar-refractivity contribution is 5.27. The van der Waals surface area contributed by atoms with Gasteiger partial charge >= 0.3 is 0 Å². The van der Waals surface area contributed by atoms with Gasteiger partial charge in [0.2, 0.25) is 0 Å². The lowest BCUT2D eigenvalue weighted by Gasteiger charge is -2.09. The van der Waals surface area contributed by atoms with Crippen LogP contribution in [-0.4, -0.2) is 19.8 Å². The topological polar surface area (TPSA) is 30.5 Å². The van der Waals surface area contributed by atoms with Gasteiger partial charge in [0.15, 0.2) is 0 Å². The van der Waals surface area contributed by atoms with E-state index in [-0.39, 0.29) is 0 Å². The van der Waals surface area contributed by atoms with E-state index in [4.69, 9.17) is 9.47 Å². The van der Waals surface area contributed by atoms with Gasteiger partial charge in [0.25, 0.3) is 0 Å². The van der Waals surface area contributed by atoms with Gasteiger partial charge in [-0.3, -0.25) is 0 Å². The molecule has 0 aromatic heterocycles. The van der Waals surface area contributed by atoms with Crippen LogP contribution in [0.2, 0.25) is 0 Å². The van der Waals surface area contributed by atoms with Gasteiger partial charge in [0.1, 0.15) is 11.5 Å². The number of benzene rings is 2. The summed E-state index contributed by atoms with van der Waals surface area (Å²) in [6.07, 6.45) is 0.869. The predicted octanol–water partition coefficient (Wildman–Crippen LogP) is 3.64. The van der Waals surface area contributed by atoms with Gasteiger partial charge < -0.3 is 14.8 Å². The second kappa shape index (κ2) is 9.03. The minimum atomic E-state index is 0.666. The van der Waals surface area contributed by atoms with Crippen molar-refractivity contribution in [2.75, 3.05) is 19.8 Å². The lowest BCUT2D eigenvalue weighted by Crippen LogP contribution is -2.11.